The molecule has 0 aliphatic carbocycles. The van der Waals surface area contributed by atoms with Gasteiger partial charge in [-0.2, -0.15) is 0 Å². The van der Waals surface area contributed by atoms with Crippen molar-refractivity contribution < 1.29 is 9.59 Å². The van der Waals surface area contributed by atoms with Crippen molar-refractivity contribution in [2.45, 2.75) is 39.5 Å². The smallest absolute Gasteiger partial charge is 0.256 e. The van der Waals surface area contributed by atoms with Gasteiger partial charge in [0.2, 0.25) is 5.91 Å². The molecular weight excluding hydrogens is 400 g/mol. The number of nitrogens with zero attached hydrogens (tertiary/aromatic N) is 3. The average molecular weight is 437 g/mol. The van der Waals surface area contributed by atoms with Crippen LogP contribution >= 0.6 is 0 Å². The normalized spacial score (nSPS) is 15.2. The van der Waals surface area contributed by atoms with Crippen LogP contribution in [0.25, 0.3) is 0 Å². The van der Waals surface area contributed by atoms with Gasteiger partial charge in [-0.1, -0.05) is 37.3 Å². The van der Waals surface area contributed by atoms with E-state index in [1.165, 1.54) is 0 Å². The predicted octanol–water partition coefficient (Wildman–Crippen LogP) is 3.98. The molecule has 2 aromatic rings. The number of carbonyl (C=O) groups excluding carboxylic acids is 2. The van der Waals surface area contributed by atoms with Gasteiger partial charge in [0, 0.05) is 50.6 Å². The fourth-order valence-corrected chi connectivity index (χ4v) is 4.52. The Bertz CT molecular complexity index is 911. The number of rotatable bonds is 7. The zero-order valence-electron chi connectivity index (χ0n) is 19.6. The third-order valence-electron chi connectivity index (χ3n) is 6.36. The SMILES string of the molecule is CCC(C(=O)N1CCCN(c2ccc(N)cc2C(=O)N(CC)CC)CC1)c1ccccc1. The van der Waals surface area contributed by atoms with E-state index < -0.39 is 0 Å². The summed E-state index contributed by atoms with van der Waals surface area (Å²) in [5, 5.41) is 0. The maximum absolute atomic E-state index is 13.3. The first-order valence-electron chi connectivity index (χ1n) is 11.8. The van der Waals surface area contributed by atoms with Crippen molar-refractivity contribution >= 4 is 23.2 Å². The summed E-state index contributed by atoms with van der Waals surface area (Å²) < 4.78 is 0. The van der Waals surface area contributed by atoms with Crippen molar-refractivity contribution in [1.82, 2.24) is 9.80 Å². The van der Waals surface area contributed by atoms with E-state index in [0.717, 1.165) is 37.2 Å². The zero-order chi connectivity index (χ0) is 23.1. The largest absolute Gasteiger partial charge is 0.399 e. The van der Waals surface area contributed by atoms with Crippen LogP contribution in [0.15, 0.2) is 48.5 Å². The lowest BCUT2D eigenvalue weighted by molar-refractivity contribution is -0.132. The molecule has 2 aromatic carbocycles. The van der Waals surface area contributed by atoms with Crippen LogP contribution in [0.1, 0.15) is 55.5 Å². The van der Waals surface area contributed by atoms with Crippen molar-refractivity contribution in [1.29, 1.82) is 0 Å². The second kappa shape index (κ2) is 11.0. The Morgan fingerprint density at radius 2 is 1.69 bits per heavy atom. The Balaban J connectivity index is 1.78. The van der Waals surface area contributed by atoms with Gasteiger partial charge in [-0.3, -0.25) is 9.59 Å². The highest BCUT2D eigenvalue weighted by Gasteiger charge is 2.28. The summed E-state index contributed by atoms with van der Waals surface area (Å²) in [7, 11) is 0. The lowest BCUT2D eigenvalue weighted by Gasteiger charge is -2.28. The van der Waals surface area contributed by atoms with Crippen LogP contribution in [0.5, 0.6) is 0 Å². The molecule has 6 heteroatoms. The molecule has 1 heterocycles. The van der Waals surface area contributed by atoms with Crippen molar-refractivity contribution in [3.05, 3.63) is 59.7 Å². The minimum absolute atomic E-state index is 0.00426. The highest BCUT2D eigenvalue weighted by atomic mass is 16.2. The van der Waals surface area contributed by atoms with E-state index in [-0.39, 0.29) is 17.7 Å². The van der Waals surface area contributed by atoms with Gasteiger partial charge in [0.25, 0.3) is 5.91 Å². The van der Waals surface area contributed by atoms with E-state index in [2.05, 4.69) is 11.8 Å². The van der Waals surface area contributed by atoms with Crippen LogP contribution in [0, 0.1) is 0 Å². The minimum Gasteiger partial charge on any atom is -0.399 e. The maximum atomic E-state index is 13.3. The molecule has 0 saturated carbocycles. The van der Waals surface area contributed by atoms with Crippen molar-refractivity contribution in [2.24, 2.45) is 0 Å². The molecule has 0 bridgehead atoms. The molecule has 0 aromatic heterocycles. The lowest BCUT2D eigenvalue weighted by atomic mass is 9.95. The Hall–Kier alpha value is -3.02. The van der Waals surface area contributed by atoms with Crippen LogP contribution in [0.2, 0.25) is 0 Å². The number of carbonyl (C=O) groups is 2. The predicted molar refractivity (Wildman–Crippen MR) is 131 cm³/mol. The molecule has 32 heavy (non-hydrogen) atoms. The topological polar surface area (TPSA) is 69.9 Å². The molecule has 0 radical (unpaired) electrons. The van der Waals surface area contributed by atoms with Gasteiger partial charge in [-0.15, -0.1) is 0 Å². The number of nitrogens with two attached hydrogens (primary N) is 1. The molecule has 1 aliphatic heterocycles. The summed E-state index contributed by atoms with van der Waals surface area (Å²) in [6.45, 7) is 10.2. The van der Waals surface area contributed by atoms with Crippen LogP contribution in [0.3, 0.4) is 0 Å². The Morgan fingerprint density at radius 1 is 0.969 bits per heavy atom. The lowest BCUT2D eigenvalue weighted by Crippen LogP contribution is -2.38. The second-order valence-electron chi connectivity index (χ2n) is 8.29. The van der Waals surface area contributed by atoms with Gasteiger partial charge >= 0.3 is 0 Å². The van der Waals surface area contributed by atoms with Crippen molar-refractivity contribution in [3.8, 4) is 0 Å². The number of benzene rings is 2. The van der Waals surface area contributed by atoms with Gasteiger partial charge < -0.3 is 20.4 Å². The highest BCUT2D eigenvalue weighted by molar-refractivity contribution is 6.00. The standard InChI is InChI=1S/C26H36N4O2/c1-4-22(20-11-8-7-9-12-20)25(31)30-16-10-15-29(17-18-30)24-14-13-21(27)19-23(24)26(32)28(5-2)6-3/h7-9,11-14,19,22H,4-6,10,15-18,27H2,1-3H3. The first-order chi connectivity index (χ1) is 15.5. The fourth-order valence-electron chi connectivity index (χ4n) is 4.52. The molecule has 1 saturated heterocycles. The molecule has 3 rings (SSSR count). The Morgan fingerprint density at radius 3 is 2.34 bits per heavy atom. The average Bonchev–Trinajstić information content (AvgIpc) is 3.07. The summed E-state index contributed by atoms with van der Waals surface area (Å²) in [5.41, 5.74) is 9.24. The Labute approximate surface area is 192 Å². The van der Waals surface area contributed by atoms with E-state index in [4.69, 9.17) is 5.73 Å². The molecule has 1 atom stereocenters. The third kappa shape index (κ3) is 5.23. The van der Waals surface area contributed by atoms with Gasteiger partial charge in [0.1, 0.15) is 0 Å². The highest BCUT2D eigenvalue weighted by Crippen LogP contribution is 2.27. The maximum Gasteiger partial charge on any atom is 0.256 e. The minimum atomic E-state index is -0.112. The molecule has 1 unspecified atom stereocenters. The van der Waals surface area contributed by atoms with Crippen molar-refractivity contribution in [3.63, 3.8) is 0 Å². The van der Waals surface area contributed by atoms with Gasteiger partial charge in [0.05, 0.1) is 11.5 Å². The number of nitrogen functional groups attached to an aromatic ring is 1. The third-order valence-corrected chi connectivity index (χ3v) is 6.36. The summed E-state index contributed by atoms with van der Waals surface area (Å²) in [6, 6.07) is 15.6. The van der Waals surface area contributed by atoms with E-state index in [0.29, 0.717) is 37.4 Å². The van der Waals surface area contributed by atoms with Crippen molar-refractivity contribution in [2.75, 3.05) is 49.9 Å². The van der Waals surface area contributed by atoms with E-state index in [1.807, 2.05) is 66.1 Å². The van der Waals surface area contributed by atoms with Gasteiger partial charge in [0.15, 0.2) is 0 Å². The van der Waals surface area contributed by atoms with Gasteiger partial charge in [-0.05, 0) is 50.5 Å². The first-order valence-corrected chi connectivity index (χ1v) is 11.8. The molecule has 1 fully saturated rings. The van der Waals surface area contributed by atoms with E-state index >= 15 is 0 Å². The number of anilines is 2. The van der Waals surface area contributed by atoms with E-state index in [1.54, 1.807) is 6.07 Å². The van der Waals surface area contributed by atoms with Crippen LogP contribution in [0.4, 0.5) is 11.4 Å². The summed E-state index contributed by atoms with van der Waals surface area (Å²) in [4.78, 5) is 32.5. The summed E-state index contributed by atoms with van der Waals surface area (Å²) in [6.07, 6.45) is 1.64. The van der Waals surface area contributed by atoms with Crippen LogP contribution in [-0.4, -0.2) is 60.9 Å². The summed E-state index contributed by atoms with van der Waals surface area (Å²) in [5.74, 6) is 0.0842. The monoisotopic (exact) mass is 436 g/mol. The number of hydrogen-bond acceptors (Lipinski definition) is 4. The van der Waals surface area contributed by atoms with Gasteiger partial charge in [-0.25, -0.2) is 0 Å². The number of amides is 2. The van der Waals surface area contributed by atoms with E-state index in [9.17, 15) is 9.59 Å². The molecule has 1 aliphatic rings. The molecule has 172 valence electrons. The first kappa shape index (κ1) is 23.6. The zero-order valence-corrected chi connectivity index (χ0v) is 19.6. The molecule has 0 spiro atoms. The molecule has 2 N–H and O–H groups in total. The molecular formula is C26H36N4O2. The molecule has 2 amide bonds. The quantitative estimate of drug-likeness (QED) is 0.667. The van der Waals surface area contributed by atoms with Crippen LogP contribution < -0.4 is 10.6 Å². The molecule has 6 nitrogen and oxygen atoms in total. The fraction of sp³-hybridized carbons (Fsp3) is 0.462. The Kier molecular flexibility index (Phi) is 8.14. The summed E-state index contributed by atoms with van der Waals surface area (Å²) >= 11 is 0. The van der Waals surface area contributed by atoms with Crippen LogP contribution in [-0.2, 0) is 4.79 Å². The number of hydrogen-bond donors (Lipinski definition) is 1. The second-order valence-corrected chi connectivity index (χ2v) is 8.29.